The molecule has 0 bridgehead atoms. The molecule has 10 heteroatoms. The van der Waals surface area contributed by atoms with Gasteiger partial charge < -0.3 is 5.11 Å². The van der Waals surface area contributed by atoms with Crippen LogP contribution in [0.2, 0.25) is 0 Å². The van der Waals surface area contributed by atoms with Crippen molar-refractivity contribution in [1.29, 1.82) is 0 Å². The lowest BCUT2D eigenvalue weighted by Crippen LogP contribution is -2.27. The summed E-state index contributed by atoms with van der Waals surface area (Å²) in [5.41, 5.74) is 3.17. The molecule has 0 saturated carbocycles. The molecule has 2 aromatic rings. The zero-order chi connectivity index (χ0) is 14.9. The second kappa shape index (κ2) is 5.56. The van der Waals surface area contributed by atoms with Crippen molar-refractivity contribution in [2.45, 2.75) is 17.7 Å². The summed E-state index contributed by atoms with van der Waals surface area (Å²) < 4.78 is 25.6. The van der Waals surface area contributed by atoms with Crippen molar-refractivity contribution in [1.82, 2.24) is 14.3 Å². The van der Waals surface area contributed by atoms with Crippen molar-refractivity contribution in [3.05, 3.63) is 27.3 Å². The number of aromatic carboxylic acids is 1. The van der Waals surface area contributed by atoms with Crippen LogP contribution in [0.5, 0.6) is 0 Å². The fourth-order valence-corrected chi connectivity index (χ4v) is 4.85. The van der Waals surface area contributed by atoms with Crippen molar-refractivity contribution < 1.29 is 18.3 Å². The first-order valence-corrected chi connectivity index (χ1v) is 8.56. The molecule has 0 spiro atoms. The molecule has 0 fully saturated rings. The normalized spacial score (nSPS) is 11.9. The van der Waals surface area contributed by atoms with Crippen LogP contribution in [0.4, 0.5) is 0 Å². The fourth-order valence-electron chi connectivity index (χ4n) is 1.47. The minimum atomic E-state index is -3.88. The van der Waals surface area contributed by atoms with Gasteiger partial charge in [-0.1, -0.05) is 0 Å². The van der Waals surface area contributed by atoms with Crippen LogP contribution in [0.3, 0.4) is 0 Å². The molecule has 20 heavy (non-hydrogen) atoms. The Kier molecular flexibility index (Phi) is 4.18. The van der Waals surface area contributed by atoms with E-state index in [4.69, 9.17) is 5.11 Å². The molecule has 0 amide bonds. The second-order valence-electron chi connectivity index (χ2n) is 3.92. The van der Waals surface area contributed by atoms with Gasteiger partial charge in [-0.25, -0.2) is 23.2 Å². The van der Waals surface area contributed by atoms with Gasteiger partial charge in [0, 0.05) is 18.5 Å². The van der Waals surface area contributed by atoms with Crippen LogP contribution in [0.25, 0.3) is 0 Å². The molecule has 0 unspecified atom stereocenters. The topological polar surface area (TPSA) is 100 Å². The maximum absolute atomic E-state index is 12.4. The van der Waals surface area contributed by atoms with Gasteiger partial charge in [-0.15, -0.1) is 22.7 Å². The zero-order valence-electron chi connectivity index (χ0n) is 10.6. The molecule has 1 N–H and O–H groups in total. The summed E-state index contributed by atoms with van der Waals surface area (Å²) in [6, 6.07) is 0. The molecular formula is C10H11N3O4S3. The Morgan fingerprint density at radius 2 is 2.00 bits per heavy atom. The highest BCUT2D eigenvalue weighted by atomic mass is 32.2. The number of thiazole rings is 2. The minimum Gasteiger partial charge on any atom is -0.476 e. The lowest BCUT2D eigenvalue weighted by molar-refractivity contribution is 0.0687. The Bertz CT molecular complexity index is 735. The summed E-state index contributed by atoms with van der Waals surface area (Å²) in [7, 11) is -2.47. The first-order chi connectivity index (χ1) is 9.34. The third-order valence-corrected chi connectivity index (χ3v) is 6.66. The summed E-state index contributed by atoms with van der Waals surface area (Å²) >= 11 is 2.15. The Labute approximate surface area is 123 Å². The second-order valence-corrected chi connectivity index (χ2v) is 7.95. The summed E-state index contributed by atoms with van der Waals surface area (Å²) in [5, 5.41) is 8.95. The van der Waals surface area contributed by atoms with E-state index in [1.165, 1.54) is 23.9 Å². The summed E-state index contributed by atoms with van der Waals surface area (Å²) in [4.78, 5) is 19.4. The lowest BCUT2D eigenvalue weighted by atomic mass is 10.4. The molecule has 0 aliphatic heterocycles. The third kappa shape index (κ3) is 2.73. The monoisotopic (exact) mass is 333 g/mol. The molecule has 7 nitrogen and oxygen atoms in total. The molecule has 2 rings (SSSR count). The smallest absolute Gasteiger partial charge is 0.356 e. The number of aryl methyl sites for hydroxylation is 1. The van der Waals surface area contributed by atoms with Gasteiger partial charge in [0.15, 0.2) is 9.90 Å². The van der Waals surface area contributed by atoms with Crippen LogP contribution in [0, 0.1) is 6.92 Å². The first-order valence-electron chi connectivity index (χ1n) is 5.36. The Morgan fingerprint density at radius 3 is 2.55 bits per heavy atom. The maximum atomic E-state index is 12.4. The number of aromatic nitrogens is 2. The van der Waals surface area contributed by atoms with E-state index in [-0.39, 0.29) is 10.8 Å². The molecule has 0 aromatic carbocycles. The standard InChI is InChI=1S/C10H11N3O4S3/c1-6-7(18-4-11-6)3-13(2)20(16,17)10-8(9(14)15)12-5-19-10/h4-5H,3H2,1-2H3,(H,14,15). The van der Waals surface area contributed by atoms with Gasteiger partial charge in [-0.2, -0.15) is 4.31 Å². The molecule has 0 saturated heterocycles. The quantitative estimate of drug-likeness (QED) is 0.888. The lowest BCUT2D eigenvalue weighted by Gasteiger charge is -2.15. The van der Waals surface area contributed by atoms with E-state index < -0.39 is 21.7 Å². The van der Waals surface area contributed by atoms with Crippen LogP contribution < -0.4 is 0 Å². The van der Waals surface area contributed by atoms with Crippen LogP contribution in [0.15, 0.2) is 15.2 Å². The van der Waals surface area contributed by atoms with Gasteiger partial charge in [0.2, 0.25) is 0 Å². The predicted octanol–water partition coefficient (Wildman–Crippen LogP) is 1.43. The first kappa shape index (κ1) is 15.0. The number of carboxylic acids is 1. The van der Waals surface area contributed by atoms with Crippen LogP contribution in [-0.2, 0) is 16.6 Å². The highest BCUT2D eigenvalue weighted by Crippen LogP contribution is 2.25. The van der Waals surface area contributed by atoms with Gasteiger partial charge in [0.05, 0.1) is 16.7 Å². The summed E-state index contributed by atoms with van der Waals surface area (Å²) in [5.74, 6) is -1.35. The van der Waals surface area contributed by atoms with E-state index in [1.807, 2.05) is 0 Å². The van der Waals surface area contributed by atoms with Gasteiger partial charge in [-0.3, -0.25) is 0 Å². The number of carbonyl (C=O) groups is 1. The predicted molar refractivity (Wildman–Crippen MR) is 74.6 cm³/mol. The summed E-state index contributed by atoms with van der Waals surface area (Å²) in [6.45, 7) is 1.94. The van der Waals surface area contributed by atoms with Crippen LogP contribution in [0.1, 0.15) is 21.1 Å². The molecule has 0 radical (unpaired) electrons. The number of nitrogens with zero attached hydrogens (tertiary/aromatic N) is 3. The van der Waals surface area contributed by atoms with Crippen LogP contribution in [-0.4, -0.2) is 40.8 Å². The molecule has 108 valence electrons. The van der Waals surface area contributed by atoms with E-state index in [0.29, 0.717) is 0 Å². The van der Waals surface area contributed by atoms with Crippen molar-refractivity contribution in [3.63, 3.8) is 0 Å². The average molecular weight is 333 g/mol. The highest BCUT2D eigenvalue weighted by Gasteiger charge is 2.30. The molecular weight excluding hydrogens is 322 g/mol. The van der Waals surface area contributed by atoms with Crippen molar-refractivity contribution >= 4 is 38.7 Å². The highest BCUT2D eigenvalue weighted by molar-refractivity contribution is 7.91. The van der Waals surface area contributed by atoms with E-state index in [9.17, 15) is 13.2 Å². The maximum Gasteiger partial charge on any atom is 0.356 e. The fraction of sp³-hybridized carbons (Fsp3) is 0.300. The Morgan fingerprint density at radius 1 is 1.35 bits per heavy atom. The number of rotatable bonds is 5. The van der Waals surface area contributed by atoms with E-state index in [1.54, 1.807) is 12.4 Å². The van der Waals surface area contributed by atoms with Gasteiger partial charge in [0.1, 0.15) is 0 Å². The molecule has 2 aromatic heterocycles. The largest absolute Gasteiger partial charge is 0.476 e. The summed E-state index contributed by atoms with van der Waals surface area (Å²) in [6.07, 6.45) is 0. The number of carboxylic acid groups (broad SMARTS) is 1. The number of sulfonamides is 1. The number of hydrogen-bond acceptors (Lipinski definition) is 7. The van der Waals surface area contributed by atoms with E-state index in [0.717, 1.165) is 26.2 Å². The van der Waals surface area contributed by atoms with E-state index >= 15 is 0 Å². The minimum absolute atomic E-state index is 0.149. The SMILES string of the molecule is Cc1ncsc1CN(C)S(=O)(=O)c1scnc1C(=O)O. The molecule has 0 aliphatic rings. The van der Waals surface area contributed by atoms with Crippen molar-refractivity contribution in [3.8, 4) is 0 Å². The molecule has 0 atom stereocenters. The van der Waals surface area contributed by atoms with Gasteiger partial charge in [-0.05, 0) is 6.92 Å². The molecule has 2 heterocycles. The van der Waals surface area contributed by atoms with Crippen LogP contribution >= 0.6 is 22.7 Å². The average Bonchev–Trinajstić information content (AvgIpc) is 2.99. The van der Waals surface area contributed by atoms with Gasteiger partial charge in [0.25, 0.3) is 10.0 Å². The third-order valence-electron chi connectivity index (χ3n) is 2.59. The van der Waals surface area contributed by atoms with Crippen molar-refractivity contribution in [2.75, 3.05) is 7.05 Å². The van der Waals surface area contributed by atoms with Crippen molar-refractivity contribution in [2.24, 2.45) is 0 Å². The Hall–Kier alpha value is -1.36. The van der Waals surface area contributed by atoms with E-state index in [2.05, 4.69) is 9.97 Å². The molecule has 0 aliphatic carbocycles. The Balaban J connectivity index is 2.32. The van der Waals surface area contributed by atoms with Gasteiger partial charge >= 0.3 is 5.97 Å². The number of hydrogen-bond donors (Lipinski definition) is 1. The zero-order valence-corrected chi connectivity index (χ0v) is 13.0.